The molecule has 2 aromatic rings. The van der Waals surface area contributed by atoms with Gasteiger partial charge < -0.3 is 19.5 Å². The Labute approximate surface area is 153 Å². The third-order valence-corrected chi connectivity index (χ3v) is 4.82. The van der Waals surface area contributed by atoms with Crippen LogP contribution in [0.4, 0.5) is 0 Å². The van der Waals surface area contributed by atoms with Crippen molar-refractivity contribution in [3.8, 4) is 17.2 Å². The van der Waals surface area contributed by atoms with Crippen molar-refractivity contribution in [2.45, 2.75) is 19.4 Å². The van der Waals surface area contributed by atoms with Crippen LogP contribution in [0.15, 0.2) is 48.7 Å². The van der Waals surface area contributed by atoms with Gasteiger partial charge in [-0.3, -0.25) is 4.79 Å². The number of allylic oxidation sites excluding steroid dienone is 1. The molecule has 5 nitrogen and oxygen atoms in total. The first-order valence-corrected chi connectivity index (χ1v) is 8.55. The molecule has 1 aliphatic rings. The van der Waals surface area contributed by atoms with Crippen LogP contribution in [0.5, 0.6) is 17.2 Å². The molecule has 1 N–H and O–H groups in total. The van der Waals surface area contributed by atoms with Gasteiger partial charge in [-0.25, -0.2) is 0 Å². The van der Waals surface area contributed by atoms with Crippen LogP contribution in [0, 0.1) is 0 Å². The number of rotatable bonds is 5. The molecule has 0 bridgehead atoms. The zero-order valence-electron chi connectivity index (χ0n) is 15.2. The van der Waals surface area contributed by atoms with Gasteiger partial charge in [-0.2, -0.15) is 0 Å². The van der Waals surface area contributed by atoms with E-state index in [9.17, 15) is 9.90 Å². The maximum atomic E-state index is 12.4. The zero-order chi connectivity index (χ0) is 18.7. The second-order valence-corrected chi connectivity index (χ2v) is 6.30. The number of hydrogen-bond acceptors (Lipinski definition) is 5. The van der Waals surface area contributed by atoms with E-state index in [1.165, 1.54) is 0 Å². The van der Waals surface area contributed by atoms with Gasteiger partial charge in [0.2, 0.25) is 0 Å². The molecule has 136 valence electrons. The number of benzene rings is 2. The van der Waals surface area contributed by atoms with Gasteiger partial charge in [0.25, 0.3) is 0 Å². The van der Waals surface area contributed by atoms with Crippen LogP contribution in [0.2, 0.25) is 0 Å². The summed E-state index contributed by atoms with van der Waals surface area (Å²) in [5, 5.41) is 9.95. The number of carbonyl (C=O) groups is 1. The Kier molecular flexibility index (Phi) is 5.16. The van der Waals surface area contributed by atoms with Crippen molar-refractivity contribution in [1.29, 1.82) is 0 Å². The fourth-order valence-electron chi connectivity index (χ4n) is 3.24. The van der Waals surface area contributed by atoms with E-state index in [-0.39, 0.29) is 17.6 Å². The quantitative estimate of drug-likeness (QED) is 0.656. The summed E-state index contributed by atoms with van der Waals surface area (Å²) in [4.78, 5) is 14.5. The SMILES string of the molecule is COc1ccc(C(=O)/C=C/N2CCc3cc(O)c(OC)cc3[C@H]2C)cc1. The van der Waals surface area contributed by atoms with Gasteiger partial charge in [0.05, 0.1) is 20.3 Å². The van der Waals surface area contributed by atoms with Crippen molar-refractivity contribution in [3.05, 3.63) is 65.4 Å². The number of hydrogen-bond donors (Lipinski definition) is 1. The van der Waals surface area contributed by atoms with Crippen molar-refractivity contribution in [2.75, 3.05) is 20.8 Å². The number of aromatic hydroxyl groups is 1. The van der Waals surface area contributed by atoms with E-state index < -0.39 is 0 Å². The first kappa shape index (κ1) is 17.9. The predicted octanol–water partition coefficient (Wildman–Crippen LogP) is 3.73. The Morgan fingerprint density at radius 2 is 1.92 bits per heavy atom. The van der Waals surface area contributed by atoms with Crippen LogP contribution in [-0.2, 0) is 6.42 Å². The normalized spacial score (nSPS) is 16.4. The van der Waals surface area contributed by atoms with Gasteiger partial charge >= 0.3 is 0 Å². The summed E-state index contributed by atoms with van der Waals surface area (Å²) < 4.78 is 10.3. The standard InChI is InChI=1S/C21H23NO4/c1-14-18-13-21(26-3)20(24)12-16(18)8-10-22(14)11-9-19(23)15-4-6-17(25-2)7-5-15/h4-7,9,11-14,24H,8,10H2,1-3H3/b11-9+/t14-/m1/s1. The molecular weight excluding hydrogens is 330 g/mol. The third kappa shape index (κ3) is 3.52. The molecule has 0 fully saturated rings. The summed E-state index contributed by atoms with van der Waals surface area (Å²) in [6, 6.07) is 10.8. The van der Waals surface area contributed by atoms with Crippen LogP contribution in [-0.4, -0.2) is 36.6 Å². The van der Waals surface area contributed by atoms with Gasteiger partial charge in [0.15, 0.2) is 17.3 Å². The number of phenolic OH excluding ortho intramolecular Hbond substituents is 1. The van der Waals surface area contributed by atoms with Gasteiger partial charge in [-0.15, -0.1) is 0 Å². The summed E-state index contributed by atoms with van der Waals surface area (Å²) in [7, 11) is 3.14. The third-order valence-electron chi connectivity index (χ3n) is 4.82. The topological polar surface area (TPSA) is 59.0 Å². The molecule has 0 aromatic heterocycles. The lowest BCUT2D eigenvalue weighted by Crippen LogP contribution is -2.29. The molecule has 0 unspecified atom stereocenters. The Balaban J connectivity index is 1.76. The fourth-order valence-corrected chi connectivity index (χ4v) is 3.24. The minimum Gasteiger partial charge on any atom is -0.504 e. The minimum atomic E-state index is -0.0473. The molecule has 2 aromatic carbocycles. The van der Waals surface area contributed by atoms with E-state index >= 15 is 0 Å². The number of methoxy groups -OCH3 is 2. The van der Waals surface area contributed by atoms with Crippen LogP contribution >= 0.6 is 0 Å². The van der Waals surface area contributed by atoms with E-state index in [0.717, 1.165) is 29.8 Å². The summed E-state index contributed by atoms with van der Waals surface area (Å²) in [5.74, 6) is 1.31. The molecule has 0 saturated heterocycles. The Morgan fingerprint density at radius 1 is 1.19 bits per heavy atom. The average Bonchev–Trinajstić information content (AvgIpc) is 2.67. The maximum absolute atomic E-state index is 12.4. The van der Waals surface area contributed by atoms with Crippen molar-refractivity contribution < 1.29 is 19.4 Å². The lowest BCUT2D eigenvalue weighted by atomic mass is 9.93. The van der Waals surface area contributed by atoms with Crippen molar-refractivity contribution in [3.63, 3.8) is 0 Å². The summed E-state index contributed by atoms with van der Waals surface area (Å²) in [5.41, 5.74) is 2.84. The minimum absolute atomic E-state index is 0.0473. The maximum Gasteiger partial charge on any atom is 0.187 e. The molecule has 0 amide bonds. The molecule has 0 radical (unpaired) electrons. The number of phenols is 1. The first-order chi connectivity index (χ1) is 12.5. The monoisotopic (exact) mass is 353 g/mol. The molecule has 1 aliphatic heterocycles. The number of fused-ring (bicyclic) bond motifs is 1. The molecule has 0 spiro atoms. The highest BCUT2D eigenvalue weighted by Gasteiger charge is 2.23. The van der Waals surface area contributed by atoms with E-state index in [0.29, 0.717) is 11.3 Å². The molecular formula is C21H23NO4. The second-order valence-electron chi connectivity index (χ2n) is 6.30. The summed E-state index contributed by atoms with van der Waals surface area (Å²) >= 11 is 0. The molecule has 26 heavy (non-hydrogen) atoms. The highest BCUT2D eigenvalue weighted by Crippen LogP contribution is 2.37. The number of ether oxygens (including phenoxy) is 2. The van der Waals surface area contributed by atoms with Crippen LogP contribution in [0.3, 0.4) is 0 Å². The molecule has 1 heterocycles. The molecule has 0 aliphatic carbocycles. The van der Waals surface area contributed by atoms with Crippen LogP contribution in [0.1, 0.15) is 34.5 Å². The molecule has 0 saturated carbocycles. The second kappa shape index (κ2) is 7.52. The van der Waals surface area contributed by atoms with Gasteiger partial charge in [0.1, 0.15) is 5.75 Å². The van der Waals surface area contributed by atoms with Crippen molar-refractivity contribution in [1.82, 2.24) is 4.90 Å². The number of nitrogens with zero attached hydrogens (tertiary/aromatic N) is 1. The van der Waals surface area contributed by atoms with Crippen LogP contribution < -0.4 is 9.47 Å². The molecule has 3 rings (SSSR count). The van der Waals surface area contributed by atoms with E-state index in [2.05, 4.69) is 11.8 Å². The van der Waals surface area contributed by atoms with Gasteiger partial charge in [0, 0.05) is 24.4 Å². The number of ketones is 1. The average molecular weight is 353 g/mol. The number of carbonyl (C=O) groups excluding carboxylic acids is 1. The zero-order valence-corrected chi connectivity index (χ0v) is 15.2. The van der Waals surface area contributed by atoms with Crippen LogP contribution in [0.25, 0.3) is 0 Å². The smallest absolute Gasteiger partial charge is 0.187 e. The van der Waals surface area contributed by atoms with Crippen molar-refractivity contribution >= 4 is 5.78 Å². The molecule has 5 heteroatoms. The van der Waals surface area contributed by atoms with Crippen molar-refractivity contribution in [2.24, 2.45) is 0 Å². The Morgan fingerprint density at radius 3 is 2.58 bits per heavy atom. The fraction of sp³-hybridized carbons (Fsp3) is 0.286. The van der Waals surface area contributed by atoms with E-state index in [4.69, 9.17) is 9.47 Å². The highest BCUT2D eigenvalue weighted by molar-refractivity contribution is 6.04. The lowest BCUT2D eigenvalue weighted by Gasteiger charge is -2.34. The largest absolute Gasteiger partial charge is 0.504 e. The van der Waals surface area contributed by atoms with E-state index in [1.807, 2.05) is 12.3 Å². The Hall–Kier alpha value is -2.95. The first-order valence-electron chi connectivity index (χ1n) is 8.55. The van der Waals surface area contributed by atoms with Gasteiger partial charge in [-0.1, -0.05) is 0 Å². The highest BCUT2D eigenvalue weighted by atomic mass is 16.5. The summed E-state index contributed by atoms with van der Waals surface area (Å²) in [6.45, 7) is 2.86. The van der Waals surface area contributed by atoms with E-state index in [1.54, 1.807) is 50.6 Å². The Bertz CT molecular complexity index is 827. The molecule has 1 atom stereocenters. The predicted molar refractivity (Wildman–Crippen MR) is 99.9 cm³/mol. The van der Waals surface area contributed by atoms with Gasteiger partial charge in [-0.05, 0) is 60.9 Å². The summed E-state index contributed by atoms with van der Waals surface area (Å²) in [6.07, 6.45) is 4.25. The lowest BCUT2D eigenvalue weighted by molar-refractivity contribution is 0.104.